The van der Waals surface area contributed by atoms with E-state index < -0.39 is 49.5 Å². The number of aliphatic hydroxyl groups excluding tert-OH is 5. The van der Waals surface area contributed by atoms with Crippen LogP contribution in [0.15, 0.2) is 48.5 Å². The van der Waals surface area contributed by atoms with Crippen molar-refractivity contribution >= 4 is 0 Å². The lowest BCUT2D eigenvalue weighted by molar-refractivity contribution is -0.313. The average molecular weight is 479 g/mol. The molecule has 0 unspecified atom stereocenters. The van der Waals surface area contributed by atoms with Crippen molar-refractivity contribution in [3.63, 3.8) is 0 Å². The van der Waals surface area contributed by atoms with Gasteiger partial charge in [-0.25, -0.2) is 0 Å². The Kier molecular flexibility index (Phi) is 9.66. The van der Waals surface area contributed by atoms with Crippen LogP contribution in [0.5, 0.6) is 11.5 Å². The van der Waals surface area contributed by atoms with Crippen LogP contribution in [0.25, 0.3) is 0 Å². The summed E-state index contributed by atoms with van der Waals surface area (Å²) in [5.41, 5.74) is 1.91. The molecule has 0 radical (unpaired) electrons. The van der Waals surface area contributed by atoms with E-state index >= 15 is 0 Å². The van der Waals surface area contributed by atoms with E-state index in [4.69, 9.17) is 9.47 Å². The second-order valence-corrected chi connectivity index (χ2v) is 8.76. The first-order valence-electron chi connectivity index (χ1n) is 11.5. The number of phenolic OH excluding ortho intramolecular Hbond substituents is 2. The Morgan fingerprint density at radius 3 is 1.82 bits per heavy atom. The average Bonchev–Trinajstić information content (AvgIpc) is 2.83. The van der Waals surface area contributed by atoms with Gasteiger partial charge in [-0.2, -0.15) is 0 Å². The van der Waals surface area contributed by atoms with Crippen LogP contribution in [0.1, 0.15) is 30.4 Å². The van der Waals surface area contributed by atoms with Crippen molar-refractivity contribution in [2.24, 2.45) is 0 Å². The molecule has 3 rings (SSSR count). The maximum atomic E-state index is 10.7. The topological polar surface area (TPSA) is 160 Å². The number of benzene rings is 2. The number of aliphatic hydroxyl groups is 5. The number of hydrogen-bond donors (Lipinski definition) is 7. The van der Waals surface area contributed by atoms with Gasteiger partial charge in [0.05, 0.1) is 18.8 Å². The summed E-state index contributed by atoms with van der Waals surface area (Å²) in [6.07, 6.45) is -5.94. The van der Waals surface area contributed by atoms with Gasteiger partial charge in [0.25, 0.3) is 0 Å². The summed E-state index contributed by atoms with van der Waals surface area (Å²) in [4.78, 5) is 0. The summed E-state index contributed by atoms with van der Waals surface area (Å²) in [7, 11) is 0. The zero-order chi connectivity index (χ0) is 24.7. The lowest BCUT2D eigenvalue weighted by Gasteiger charge is -2.41. The summed E-state index contributed by atoms with van der Waals surface area (Å²) in [6.45, 7) is -0.557. The zero-order valence-corrected chi connectivity index (χ0v) is 18.8. The summed E-state index contributed by atoms with van der Waals surface area (Å²) in [5, 5.41) is 69.4. The minimum absolute atomic E-state index is 0.155. The summed E-state index contributed by atoms with van der Waals surface area (Å²) in [5.74, 6) is 0.328. The molecule has 0 aliphatic carbocycles. The van der Waals surface area contributed by atoms with Gasteiger partial charge in [0.15, 0.2) is 6.29 Å². The number of ether oxygens (including phenoxy) is 2. The number of hydrogen-bond acceptors (Lipinski definition) is 9. The van der Waals surface area contributed by atoms with Gasteiger partial charge >= 0.3 is 0 Å². The number of phenols is 2. The largest absolute Gasteiger partial charge is 0.508 e. The van der Waals surface area contributed by atoms with Crippen LogP contribution in [0.3, 0.4) is 0 Å². The van der Waals surface area contributed by atoms with Crippen molar-refractivity contribution in [1.29, 1.82) is 0 Å². The van der Waals surface area contributed by atoms with E-state index in [-0.39, 0.29) is 17.9 Å². The highest BCUT2D eigenvalue weighted by molar-refractivity contribution is 5.26. The lowest BCUT2D eigenvalue weighted by Crippen LogP contribution is -2.59. The highest BCUT2D eigenvalue weighted by Gasteiger charge is 2.44. The highest BCUT2D eigenvalue weighted by atomic mass is 16.7. The van der Waals surface area contributed by atoms with Gasteiger partial charge in [0.1, 0.15) is 35.9 Å². The Balaban J connectivity index is 1.64. The minimum Gasteiger partial charge on any atom is -0.508 e. The molecule has 7 N–H and O–H groups in total. The number of aryl methyl sites for hydroxylation is 2. The van der Waals surface area contributed by atoms with Gasteiger partial charge in [0.2, 0.25) is 0 Å². The molecule has 0 aromatic heterocycles. The monoisotopic (exact) mass is 478 g/mol. The van der Waals surface area contributed by atoms with Crippen LogP contribution >= 0.6 is 0 Å². The van der Waals surface area contributed by atoms with Gasteiger partial charge in [-0.15, -0.1) is 0 Å². The van der Waals surface area contributed by atoms with E-state index in [0.717, 1.165) is 11.1 Å². The smallest absolute Gasteiger partial charge is 0.186 e. The second kappa shape index (κ2) is 12.5. The molecule has 2 aromatic carbocycles. The SMILES string of the molecule is OC[C@H]1O[C@@H](O[C@@H](CCc2ccc(O)cc2)C[C@@H](O)CCc2ccc(O)cc2)[C@H](O)[C@@H](O)[C@@H]1O. The van der Waals surface area contributed by atoms with Gasteiger partial charge in [0, 0.05) is 0 Å². The number of rotatable bonds is 11. The Bertz CT molecular complexity index is 856. The Labute approximate surface area is 198 Å². The zero-order valence-electron chi connectivity index (χ0n) is 18.8. The Morgan fingerprint density at radius 2 is 1.29 bits per heavy atom. The molecule has 1 heterocycles. The van der Waals surface area contributed by atoms with Crippen molar-refractivity contribution in [3.8, 4) is 11.5 Å². The fourth-order valence-corrected chi connectivity index (χ4v) is 4.02. The molecular weight excluding hydrogens is 444 g/mol. The van der Waals surface area contributed by atoms with Gasteiger partial charge in [-0.1, -0.05) is 24.3 Å². The molecule has 1 fully saturated rings. The second-order valence-electron chi connectivity index (χ2n) is 8.76. The Morgan fingerprint density at radius 1 is 0.765 bits per heavy atom. The van der Waals surface area contributed by atoms with E-state index in [1.807, 2.05) is 0 Å². The van der Waals surface area contributed by atoms with Gasteiger partial charge < -0.3 is 45.2 Å². The molecule has 0 amide bonds. The summed E-state index contributed by atoms with van der Waals surface area (Å²) in [6, 6.07) is 13.5. The van der Waals surface area contributed by atoms with Crippen molar-refractivity contribution in [1.82, 2.24) is 0 Å². The minimum atomic E-state index is -1.55. The fraction of sp³-hybridized carbons (Fsp3) is 0.520. The van der Waals surface area contributed by atoms with Gasteiger partial charge in [-0.05, 0) is 67.5 Å². The molecule has 9 nitrogen and oxygen atoms in total. The van der Waals surface area contributed by atoms with Crippen molar-refractivity contribution < 1.29 is 45.2 Å². The molecule has 9 heteroatoms. The molecule has 0 saturated carbocycles. The first-order valence-corrected chi connectivity index (χ1v) is 11.5. The quantitative estimate of drug-likeness (QED) is 0.245. The summed E-state index contributed by atoms with van der Waals surface area (Å²) < 4.78 is 11.4. The van der Waals surface area contributed by atoms with E-state index in [0.29, 0.717) is 25.7 Å². The molecular formula is C25H34O9. The number of aromatic hydroxyl groups is 2. The maximum Gasteiger partial charge on any atom is 0.186 e. The van der Waals surface area contributed by atoms with Crippen LogP contribution in [-0.4, -0.2) is 85.3 Å². The molecule has 34 heavy (non-hydrogen) atoms. The third-order valence-corrected chi connectivity index (χ3v) is 6.10. The highest BCUT2D eigenvalue weighted by Crippen LogP contribution is 2.26. The molecule has 188 valence electrons. The van der Waals surface area contributed by atoms with E-state index in [1.54, 1.807) is 48.5 Å². The molecule has 0 bridgehead atoms. The van der Waals surface area contributed by atoms with Crippen molar-refractivity contribution in [3.05, 3.63) is 59.7 Å². The first kappa shape index (κ1) is 26.4. The molecule has 2 aromatic rings. The van der Waals surface area contributed by atoms with Crippen molar-refractivity contribution in [2.75, 3.05) is 6.61 Å². The summed E-state index contributed by atoms with van der Waals surface area (Å²) >= 11 is 0. The van der Waals surface area contributed by atoms with Crippen LogP contribution in [0.4, 0.5) is 0 Å². The predicted octanol–water partition coefficient (Wildman–Crippen LogP) is 0.599. The van der Waals surface area contributed by atoms with Crippen LogP contribution in [-0.2, 0) is 22.3 Å². The standard InChI is InChI=1S/C25H34O9/c26-14-21-22(30)23(31)24(32)25(34-21)33-20(12-6-16-3-9-18(28)10-4-16)13-19(29)11-5-15-1-7-17(27)8-2-15/h1-4,7-10,19-32H,5-6,11-14H2/t19-,20-,21+,22+,23-,24+,25+/m0/s1. The van der Waals surface area contributed by atoms with Crippen LogP contribution in [0.2, 0.25) is 0 Å². The fourth-order valence-electron chi connectivity index (χ4n) is 4.02. The van der Waals surface area contributed by atoms with Gasteiger partial charge in [-0.3, -0.25) is 0 Å². The predicted molar refractivity (Wildman–Crippen MR) is 122 cm³/mol. The molecule has 1 aliphatic rings. The van der Waals surface area contributed by atoms with E-state index in [9.17, 15) is 35.7 Å². The third-order valence-electron chi connectivity index (χ3n) is 6.10. The normalized spacial score (nSPS) is 26.8. The lowest BCUT2D eigenvalue weighted by atomic mass is 9.97. The Hall–Kier alpha value is -2.24. The third kappa shape index (κ3) is 7.38. The van der Waals surface area contributed by atoms with Crippen molar-refractivity contribution in [2.45, 2.75) is 75.0 Å². The van der Waals surface area contributed by atoms with Crippen LogP contribution < -0.4 is 0 Å². The molecule has 1 aliphatic heterocycles. The molecule has 0 spiro atoms. The molecule has 7 atom stereocenters. The van der Waals surface area contributed by atoms with Crippen LogP contribution in [0, 0.1) is 0 Å². The maximum absolute atomic E-state index is 10.7. The van der Waals surface area contributed by atoms with E-state index in [2.05, 4.69) is 0 Å². The van der Waals surface area contributed by atoms with E-state index in [1.165, 1.54) is 0 Å². The molecule has 1 saturated heterocycles. The first-order chi connectivity index (χ1) is 16.3.